The normalized spacial score (nSPS) is 19.8. The topological polar surface area (TPSA) is 40.2 Å². The molecule has 0 aliphatic carbocycles. The number of rotatable bonds is 13. The van der Waals surface area contributed by atoms with Crippen molar-refractivity contribution in [1.82, 2.24) is 4.90 Å². The molecule has 5 nitrogen and oxygen atoms in total. The maximum absolute atomic E-state index is 6.31. The van der Waals surface area contributed by atoms with Crippen LogP contribution in [-0.2, 0) is 0 Å². The summed E-state index contributed by atoms with van der Waals surface area (Å²) in [6, 6.07) is 14.7. The van der Waals surface area contributed by atoms with Gasteiger partial charge in [-0.3, -0.25) is 0 Å². The second kappa shape index (κ2) is 12.9. The molecule has 0 aromatic heterocycles. The molecule has 34 heavy (non-hydrogen) atoms. The lowest BCUT2D eigenvalue weighted by molar-refractivity contribution is 0.109. The van der Waals surface area contributed by atoms with Crippen LogP contribution in [0.2, 0.25) is 0 Å². The lowest BCUT2D eigenvalue weighted by atomic mass is 9.80. The van der Waals surface area contributed by atoms with Crippen LogP contribution in [0.5, 0.6) is 23.0 Å². The summed E-state index contributed by atoms with van der Waals surface area (Å²) in [4.78, 5) is 2.63. The summed E-state index contributed by atoms with van der Waals surface area (Å²) in [5.41, 5.74) is 1.40. The van der Waals surface area contributed by atoms with E-state index in [-0.39, 0.29) is 6.79 Å². The molecule has 2 aromatic carbocycles. The van der Waals surface area contributed by atoms with Gasteiger partial charge in [0.2, 0.25) is 6.79 Å². The zero-order valence-electron chi connectivity index (χ0n) is 21.0. The summed E-state index contributed by atoms with van der Waals surface area (Å²) in [6.45, 7) is 9.69. The van der Waals surface area contributed by atoms with Crippen LogP contribution in [0.25, 0.3) is 0 Å². The lowest BCUT2D eigenvalue weighted by Gasteiger charge is -2.39. The van der Waals surface area contributed by atoms with E-state index in [1.54, 1.807) is 0 Å². The van der Waals surface area contributed by atoms with Gasteiger partial charge in [-0.1, -0.05) is 51.7 Å². The van der Waals surface area contributed by atoms with Gasteiger partial charge in [-0.05, 0) is 68.1 Å². The Morgan fingerprint density at radius 3 is 2.44 bits per heavy atom. The molecule has 0 unspecified atom stereocenters. The van der Waals surface area contributed by atoms with Gasteiger partial charge in [0.25, 0.3) is 0 Å². The van der Waals surface area contributed by atoms with E-state index in [0.717, 1.165) is 55.5 Å². The van der Waals surface area contributed by atoms with Gasteiger partial charge < -0.3 is 23.8 Å². The number of ether oxygens (including phenoxy) is 4. The Hall–Kier alpha value is -2.40. The molecule has 2 heterocycles. The van der Waals surface area contributed by atoms with Crippen LogP contribution in [0.1, 0.15) is 70.3 Å². The highest BCUT2D eigenvalue weighted by molar-refractivity contribution is 5.46. The van der Waals surface area contributed by atoms with Crippen molar-refractivity contribution in [2.45, 2.75) is 64.7 Å². The summed E-state index contributed by atoms with van der Waals surface area (Å²) in [5, 5.41) is 0. The van der Waals surface area contributed by atoms with E-state index in [2.05, 4.69) is 43.0 Å². The van der Waals surface area contributed by atoms with E-state index < -0.39 is 0 Å². The van der Waals surface area contributed by atoms with Crippen LogP contribution in [0.3, 0.4) is 0 Å². The molecule has 2 aliphatic heterocycles. The number of benzene rings is 2. The van der Waals surface area contributed by atoms with Crippen molar-refractivity contribution in [3.63, 3.8) is 0 Å². The summed E-state index contributed by atoms with van der Waals surface area (Å²) in [7, 11) is 0. The second-order valence-electron chi connectivity index (χ2n) is 9.61. The van der Waals surface area contributed by atoms with Crippen molar-refractivity contribution in [3.05, 3.63) is 48.0 Å². The van der Waals surface area contributed by atoms with Gasteiger partial charge in [0, 0.05) is 18.5 Å². The monoisotopic (exact) mass is 467 g/mol. The molecule has 0 spiro atoms. The van der Waals surface area contributed by atoms with Gasteiger partial charge in [0.05, 0.1) is 13.2 Å². The highest BCUT2D eigenvalue weighted by Crippen LogP contribution is 2.37. The van der Waals surface area contributed by atoms with Gasteiger partial charge in [-0.25, -0.2) is 0 Å². The highest BCUT2D eigenvalue weighted by atomic mass is 16.7. The van der Waals surface area contributed by atoms with Crippen LogP contribution >= 0.6 is 0 Å². The Bertz CT molecular complexity index is 869. The minimum Gasteiger partial charge on any atom is -0.494 e. The zero-order chi connectivity index (χ0) is 23.6. The van der Waals surface area contributed by atoms with Crippen molar-refractivity contribution < 1.29 is 18.9 Å². The van der Waals surface area contributed by atoms with E-state index in [1.165, 1.54) is 44.2 Å². The molecular formula is C29H41NO4. The number of unbranched alkanes of at least 4 members (excludes halogenated alkanes) is 4. The predicted molar refractivity (Wildman–Crippen MR) is 136 cm³/mol. The molecular weight excluding hydrogens is 426 g/mol. The number of fused-ring (bicyclic) bond motifs is 1. The Labute approximate surface area is 205 Å². The molecule has 0 bridgehead atoms. The fourth-order valence-electron chi connectivity index (χ4n) is 5.03. The molecule has 2 aliphatic rings. The number of hydrogen-bond donors (Lipinski definition) is 0. The van der Waals surface area contributed by atoms with Crippen molar-refractivity contribution in [2.24, 2.45) is 5.92 Å². The molecule has 2 atom stereocenters. The van der Waals surface area contributed by atoms with E-state index in [9.17, 15) is 0 Å². The summed E-state index contributed by atoms with van der Waals surface area (Å²) in [6.07, 6.45) is 8.57. The van der Waals surface area contributed by atoms with Gasteiger partial charge in [-0.15, -0.1) is 0 Å². The van der Waals surface area contributed by atoms with Crippen LogP contribution in [0.4, 0.5) is 0 Å². The smallest absolute Gasteiger partial charge is 0.231 e. The first kappa shape index (κ1) is 24.7. The van der Waals surface area contributed by atoms with Gasteiger partial charge in [0.1, 0.15) is 11.5 Å². The Kier molecular flexibility index (Phi) is 9.37. The van der Waals surface area contributed by atoms with Crippen LogP contribution in [0.15, 0.2) is 42.5 Å². The van der Waals surface area contributed by atoms with Gasteiger partial charge in [0.15, 0.2) is 11.5 Å². The van der Waals surface area contributed by atoms with Crippen molar-refractivity contribution in [2.75, 3.05) is 39.6 Å². The van der Waals surface area contributed by atoms with E-state index in [1.807, 2.05) is 18.2 Å². The molecule has 0 radical (unpaired) electrons. The average Bonchev–Trinajstić information content (AvgIpc) is 3.34. The fourth-order valence-corrected chi connectivity index (χ4v) is 5.03. The first-order valence-electron chi connectivity index (χ1n) is 13.2. The standard InChI is InChI=1S/C29H41NO4/c1-3-5-7-16-30-17-15-27(23-9-11-25(12-10-23)31-18-8-6-4-2)24(20-30)21-32-26-13-14-28-29(19-26)34-22-33-28/h9-14,19,24,27H,3-8,15-18,20-22H2,1-2H3/t24-,27-/m1/s1. The number of hydrogen-bond acceptors (Lipinski definition) is 5. The van der Waals surface area contributed by atoms with Crippen molar-refractivity contribution in [3.8, 4) is 23.0 Å². The molecule has 5 heteroatoms. The quantitative estimate of drug-likeness (QED) is 0.308. The molecule has 0 N–H and O–H groups in total. The molecule has 2 aromatic rings. The third kappa shape index (κ3) is 6.82. The summed E-state index contributed by atoms with van der Waals surface area (Å²) in [5.74, 6) is 4.32. The molecule has 186 valence electrons. The average molecular weight is 468 g/mol. The third-order valence-corrected chi connectivity index (χ3v) is 7.03. The van der Waals surface area contributed by atoms with E-state index in [4.69, 9.17) is 18.9 Å². The SMILES string of the molecule is CCCCCOc1ccc([C@H]2CCN(CCCCC)C[C@@H]2COc2ccc3c(c2)OCO3)cc1. The molecule has 4 rings (SSSR count). The van der Waals surface area contributed by atoms with Crippen molar-refractivity contribution >= 4 is 0 Å². The van der Waals surface area contributed by atoms with Crippen LogP contribution < -0.4 is 18.9 Å². The maximum atomic E-state index is 6.31. The zero-order valence-corrected chi connectivity index (χ0v) is 21.0. The van der Waals surface area contributed by atoms with Crippen molar-refractivity contribution in [1.29, 1.82) is 0 Å². The minimum atomic E-state index is 0.286. The summed E-state index contributed by atoms with van der Waals surface area (Å²) < 4.78 is 23.2. The molecule has 1 fully saturated rings. The van der Waals surface area contributed by atoms with Crippen LogP contribution in [0, 0.1) is 5.92 Å². The first-order valence-corrected chi connectivity index (χ1v) is 13.2. The first-order chi connectivity index (χ1) is 16.8. The minimum absolute atomic E-state index is 0.286. The summed E-state index contributed by atoms with van der Waals surface area (Å²) >= 11 is 0. The fraction of sp³-hybridized carbons (Fsp3) is 0.586. The molecule has 0 saturated carbocycles. The Morgan fingerprint density at radius 1 is 0.853 bits per heavy atom. The second-order valence-corrected chi connectivity index (χ2v) is 9.61. The van der Waals surface area contributed by atoms with E-state index >= 15 is 0 Å². The maximum Gasteiger partial charge on any atom is 0.231 e. The largest absolute Gasteiger partial charge is 0.494 e. The van der Waals surface area contributed by atoms with Gasteiger partial charge >= 0.3 is 0 Å². The van der Waals surface area contributed by atoms with Crippen LogP contribution in [-0.4, -0.2) is 44.5 Å². The molecule has 0 amide bonds. The number of nitrogens with zero attached hydrogens (tertiary/aromatic N) is 1. The number of piperidine rings is 1. The number of likely N-dealkylation sites (tertiary alicyclic amines) is 1. The Balaban J connectivity index is 1.39. The third-order valence-electron chi connectivity index (χ3n) is 7.03. The Morgan fingerprint density at radius 2 is 1.62 bits per heavy atom. The highest BCUT2D eigenvalue weighted by Gasteiger charge is 2.31. The predicted octanol–water partition coefficient (Wildman–Crippen LogP) is 6.66. The van der Waals surface area contributed by atoms with E-state index in [0.29, 0.717) is 18.4 Å². The van der Waals surface area contributed by atoms with Gasteiger partial charge in [-0.2, -0.15) is 0 Å². The molecule has 1 saturated heterocycles. The lowest BCUT2D eigenvalue weighted by Crippen LogP contribution is -2.42.